The van der Waals surface area contributed by atoms with Gasteiger partial charge in [-0.15, -0.1) is 0 Å². The number of rotatable bonds is 1. The van der Waals surface area contributed by atoms with E-state index in [1.807, 2.05) is 54.6 Å². The van der Waals surface area contributed by atoms with Gasteiger partial charge >= 0.3 is 0 Å². The number of fused-ring (bicyclic) bond motifs is 4. The smallest absolute Gasteiger partial charge is 0.137 e. The van der Waals surface area contributed by atoms with E-state index in [2.05, 4.69) is 0 Å². The van der Waals surface area contributed by atoms with Crippen molar-refractivity contribution in [1.29, 1.82) is 0 Å². The minimum atomic E-state index is -0.758. The molecule has 0 amide bonds. The summed E-state index contributed by atoms with van der Waals surface area (Å²) in [5, 5.41) is 12.9. The number of ether oxygens (including phenoxy) is 2. The van der Waals surface area contributed by atoms with Gasteiger partial charge in [-0.2, -0.15) is 0 Å². The van der Waals surface area contributed by atoms with Crippen LogP contribution in [0.2, 0.25) is 0 Å². The second-order valence-corrected chi connectivity index (χ2v) is 5.08. The van der Waals surface area contributed by atoms with Crippen molar-refractivity contribution in [3.8, 4) is 17.2 Å². The topological polar surface area (TPSA) is 38.7 Å². The van der Waals surface area contributed by atoms with Gasteiger partial charge in [0, 0.05) is 5.56 Å². The predicted octanol–water partition coefficient (Wildman–Crippen LogP) is 4.04. The van der Waals surface area contributed by atoms with Crippen LogP contribution in [0.1, 0.15) is 17.2 Å². The first kappa shape index (κ1) is 12.2. The third kappa shape index (κ3) is 1.71. The van der Waals surface area contributed by atoms with Crippen molar-refractivity contribution in [2.75, 3.05) is 7.11 Å². The van der Waals surface area contributed by atoms with Crippen LogP contribution in [-0.4, -0.2) is 12.2 Å². The van der Waals surface area contributed by atoms with E-state index in [0.29, 0.717) is 22.8 Å². The standard InChI is InChI=1S/C18H14O3/c1-20-13-7-4-8-14-17(13)18(19)16-12-6-3-2-5-11(12)9-10-15(16)21-14/h2-10,18-19H,1H3. The zero-order chi connectivity index (χ0) is 14.4. The molecule has 0 bridgehead atoms. The first-order valence-electron chi connectivity index (χ1n) is 6.84. The van der Waals surface area contributed by atoms with Gasteiger partial charge in [0.05, 0.1) is 12.7 Å². The largest absolute Gasteiger partial charge is 0.496 e. The van der Waals surface area contributed by atoms with Gasteiger partial charge in [-0.3, -0.25) is 0 Å². The molecule has 0 aromatic heterocycles. The van der Waals surface area contributed by atoms with Crippen LogP contribution in [0.15, 0.2) is 54.6 Å². The van der Waals surface area contributed by atoms with Gasteiger partial charge in [0.2, 0.25) is 0 Å². The highest BCUT2D eigenvalue weighted by atomic mass is 16.5. The molecule has 0 spiro atoms. The molecule has 3 nitrogen and oxygen atoms in total. The molecule has 1 unspecified atom stereocenters. The van der Waals surface area contributed by atoms with E-state index < -0.39 is 6.10 Å². The molecule has 21 heavy (non-hydrogen) atoms. The summed E-state index contributed by atoms with van der Waals surface area (Å²) in [4.78, 5) is 0. The molecule has 1 atom stereocenters. The summed E-state index contributed by atoms with van der Waals surface area (Å²) in [5.41, 5.74) is 1.48. The predicted molar refractivity (Wildman–Crippen MR) is 81.1 cm³/mol. The molecule has 4 rings (SSSR count). The van der Waals surface area contributed by atoms with Crippen molar-refractivity contribution in [2.24, 2.45) is 0 Å². The monoisotopic (exact) mass is 278 g/mol. The lowest BCUT2D eigenvalue weighted by Crippen LogP contribution is -2.11. The summed E-state index contributed by atoms with van der Waals surface area (Å²) < 4.78 is 11.3. The van der Waals surface area contributed by atoms with Crippen LogP contribution in [0, 0.1) is 0 Å². The molecule has 1 aliphatic heterocycles. The Hall–Kier alpha value is -2.52. The molecule has 104 valence electrons. The number of hydrogen-bond acceptors (Lipinski definition) is 3. The summed E-state index contributed by atoms with van der Waals surface area (Å²) in [5.74, 6) is 1.98. The van der Waals surface area contributed by atoms with Crippen molar-refractivity contribution in [3.63, 3.8) is 0 Å². The molecular formula is C18H14O3. The van der Waals surface area contributed by atoms with Crippen LogP contribution in [0.3, 0.4) is 0 Å². The van der Waals surface area contributed by atoms with Gasteiger partial charge in [-0.25, -0.2) is 0 Å². The second-order valence-electron chi connectivity index (χ2n) is 5.08. The van der Waals surface area contributed by atoms with E-state index in [0.717, 1.165) is 16.3 Å². The Morgan fingerprint density at radius 3 is 2.57 bits per heavy atom. The first-order valence-corrected chi connectivity index (χ1v) is 6.84. The quantitative estimate of drug-likeness (QED) is 0.730. The molecule has 1 aliphatic rings. The molecular weight excluding hydrogens is 264 g/mol. The van der Waals surface area contributed by atoms with Crippen LogP contribution < -0.4 is 9.47 Å². The number of benzene rings is 3. The fourth-order valence-corrected chi connectivity index (χ4v) is 2.97. The lowest BCUT2D eigenvalue weighted by molar-refractivity contribution is 0.199. The maximum absolute atomic E-state index is 10.9. The van der Waals surface area contributed by atoms with Crippen molar-refractivity contribution in [2.45, 2.75) is 6.10 Å². The summed E-state index contributed by atoms with van der Waals surface area (Å²) in [6.45, 7) is 0. The number of methoxy groups -OCH3 is 1. The van der Waals surface area contributed by atoms with Crippen LogP contribution in [0.4, 0.5) is 0 Å². The van der Waals surface area contributed by atoms with Crippen molar-refractivity contribution >= 4 is 10.8 Å². The molecule has 0 radical (unpaired) electrons. The number of aliphatic hydroxyl groups excluding tert-OH is 1. The molecule has 0 saturated carbocycles. The Morgan fingerprint density at radius 1 is 0.905 bits per heavy atom. The highest BCUT2D eigenvalue weighted by Gasteiger charge is 2.30. The Morgan fingerprint density at radius 2 is 1.71 bits per heavy atom. The first-order chi connectivity index (χ1) is 10.3. The van der Waals surface area contributed by atoms with E-state index in [1.54, 1.807) is 7.11 Å². The fraction of sp³-hybridized carbons (Fsp3) is 0.111. The molecule has 0 saturated heterocycles. The summed E-state index contributed by atoms with van der Waals surface area (Å²) >= 11 is 0. The van der Waals surface area contributed by atoms with E-state index in [4.69, 9.17) is 9.47 Å². The Bertz CT molecular complexity index is 839. The third-order valence-corrected chi connectivity index (χ3v) is 3.94. The summed E-state index contributed by atoms with van der Waals surface area (Å²) in [6.07, 6.45) is -0.758. The number of aliphatic hydroxyl groups is 1. The minimum absolute atomic E-state index is 0.638. The Kier molecular flexibility index (Phi) is 2.62. The average molecular weight is 278 g/mol. The van der Waals surface area contributed by atoms with E-state index >= 15 is 0 Å². The van der Waals surface area contributed by atoms with E-state index in [-0.39, 0.29) is 0 Å². The zero-order valence-corrected chi connectivity index (χ0v) is 11.5. The lowest BCUT2D eigenvalue weighted by Gasteiger charge is -2.27. The lowest BCUT2D eigenvalue weighted by atomic mass is 9.92. The van der Waals surface area contributed by atoms with Gasteiger partial charge in [-0.1, -0.05) is 36.4 Å². The highest BCUT2D eigenvalue weighted by Crippen LogP contribution is 2.48. The summed E-state index contributed by atoms with van der Waals surface area (Å²) in [7, 11) is 1.60. The molecule has 1 N–H and O–H groups in total. The van der Waals surface area contributed by atoms with Gasteiger partial charge in [0.1, 0.15) is 23.4 Å². The van der Waals surface area contributed by atoms with E-state index in [9.17, 15) is 5.11 Å². The maximum Gasteiger partial charge on any atom is 0.137 e. The van der Waals surface area contributed by atoms with Gasteiger partial charge in [0.25, 0.3) is 0 Å². The minimum Gasteiger partial charge on any atom is -0.496 e. The van der Waals surface area contributed by atoms with E-state index in [1.165, 1.54) is 0 Å². The molecule has 0 aliphatic carbocycles. The second kappa shape index (κ2) is 4.50. The fourth-order valence-electron chi connectivity index (χ4n) is 2.97. The van der Waals surface area contributed by atoms with Crippen LogP contribution in [0.5, 0.6) is 17.2 Å². The molecule has 0 fully saturated rings. The molecule has 1 heterocycles. The molecule has 3 heteroatoms. The van der Waals surface area contributed by atoms with Gasteiger partial charge in [0.15, 0.2) is 0 Å². The number of hydrogen-bond donors (Lipinski definition) is 1. The summed E-state index contributed by atoms with van der Waals surface area (Å²) in [6, 6.07) is 17.4. The van der Waals surface area contributed by atoms with Crippen LogP contribution >= 0.6 is 0 Å². The normalized spacial score (nSPS) is 16.0. The van der Waals surface area contributed by atoms with Crippen LogP contribution in [-0.2, 0) is 0 Å². The van der Waals surface area contributed by atoms with Crippen molar-refractivity contribution in [1.82, 2.24) is 0 Å². The van der Waals surface area contributed by atoms with Gasteiger partial charge < -0.3 is 14.6 Å². The Labute approximate surface area is 122 Å². The SMILES string of the molecule is COc1cccc2c1C(O)c1c(ccc3ccccc13)O2. The maximum atomic E-state index is 10.9. The third-order valence-electron chi connectivity index (χ3n) is 3.94. The Balaban J connectivity index is 2.02. The van der Waals surface area contributed by atoms with Crippen LogP contribution in [0.25, 0.3) is 10.8 Å². The zero-order valence-electron chi connectivity index (χ0n) is 11.5. The van der Waals surface area contributed by atoms with Gasteiger partial charge in [-0.05, 0) is 29.0 Å². The molecule has 3 aromatic carbocycles. The van der Waals surface area contributed by atoms with Crippen molar-refractivity contribution in [3.05, 3.63) is 65.7 Å². The highest BCUT2D eigenvalue weighted by molar-refractivity contribution is 5.89. The average Bonchev–Trinajstić information content (AvgIpc) is 2.53. The van der Waals surface area contributed by atoms with Crippen molar-refractivity contribution < 1.29 is 14.6 Å². The molecule has 3 aromatic rings.